The number of hydrogen-bond donors (Lipinski definition) is 0. The lowest BCUT2D eigenvalue weighted by Gasteiger charge is -2.24. The van der Waals surface area contributed by atoms with Crippen LogP contribution in [0.2, 0.25) is 0 Å². The molecule has 2 aromatic heterocycles. The van der Waals surface area contributed by atoms with E-state index in [0.29, 0.717) is 6.42 Å². The number of carbonyl (C=O) groups excluding carboxylic acids is 1. The summed E-state index contributed by atoms with van der Waals surface area (Å²) in [4.78, 5) is 18.8. The summed E-state index contributed by atoms with van der Waals surface area (Å²) in [6, 6.07) is 6.12. The van der Waals surface area contributed by atoms with Crippen molar-refractivity contribution >= 4 is 5.91 Å². The van der Waals surface area contributed by atoms with Gasteiger partial charge in [0.25, 0.3) is 0 Å². The van der Waals surface area contributed by atoms with Gasteiger partial charge in [-0.15, -0.1) is 0 Å². The van der Waals surface area contributed by atoms with Gasteiger partial charge in [0.2, 0.25) is 5.91 Å². The fourth-order valence-corrected chi connectivity index (χ4v) is 3.13. The average Bonchev–Trinajstić information content (AvgIpc) is 3.16. The number of nitrogens with zero attached hydrogens (tertiary/aromatic N) is 4. The third-order valence-corrected chi connectivity index (χ3v) is 4.23. The second-order valence-electron chi connectivity index (χ2n) is 5.87. The molecule has 0 saturated carbocycles. The fraction of sp³-hybridized carbons (Fsp3) is 0.471. The maximum Gasteiger partial charge on any atom is 0.223 e. The Balaban J connectivity index is 1.55. The summed E-state index contributed by atoms with van der Waals surface area (Å²) in [5.41, 5.74) is 2.21. The fourth-order valence-electron chi connectivity index (χ4n) is 3.13. The molecule has 0 aliphatic carbocycles. The van der Waals surface area contributed by atoms with Crippen molar-refractivity contribution in [3.63, 3.8) is 0 Å². The summed E-state index contributed by atoms with van der Waals surface area (Å²) in [6.07, 6.45) is 10.1. The van der Waals surface area contributed by atoms with Crippen molar-refractivity contribution in [1.29, 1.82) is 0 Å². The van der Waals surface area contributed by atoms with Crippen LogP contribution in [0.1, 0.15) is 43.0 Å². The van der Waals surface area contributed by atoms with Crippen LogP contribution in [0.25, 0.3) is 0 Å². The average molecular weight is 298 g/mol. The smallest absolute Gasteiger partial charge is 0.223 e. The molecule has 0 spiro atoms. The highest BCUT2D eigenvalue weighted by Crippen LogP contribution is 2.32. The lowest BCUT2D eigenvalue weighted by molar-refractivity contribution is -0.132. The lowest BCUT2D eigenvalue weighted by Crippen LogP contribution is -2.30. The molecule has 5 heteroatoms. The maximum absolute atomic E-state index is 12.5. The number of aromatic nitrogens is 3. The normalized spacial score (nSPS) is 17.9. The highest BCUT2D eigenvalue weighted by Gasteiger charge is 2.30. The van der Waals surface area contributed by atoms with Gasteiger partial charge >= 0.3 is 0 Å². The Kier molecular flexibility index (Phi) is 4.51. The van der Waals surface area contributed by atoms with Gasteiger partial charge in [-0.1, -0.05) is 6.07 Å². The van der Waals surface area contributed by atoms with E-state index in [1.165, 1.54) is 0 Å². The van der Waals surface area contributed by atoms with Gasteiger partial charge in [0, 0.05) is 43.7 Å². The van der Waals surface area contributed by atoms with Crippen molar-refractivity contribution in [2.75, 3.05) is 6.54 Å². The van der Waals surface area contributed by atoms with Crippen LogP contribution in [0.5, 0.6) is 0 Å². The van der Waals surface area contributed by atoms with Gasteiger partial charge in [0.1, 0.15) is 0 Å². The molecule has 3 rings (SSSR count). The molecular formula is C17H22N4O. The minimum absolute atomic E-state index is 0.205. The van der Waals surface area contributed by atoms with Gasteiger partial charge in [-0.05, 0) is 37.8 Å². The zero-order valence-corrected chi connectivity index (χ0v) is 13.0. The first-order valence-electron chi connectivity index (χ1n) is 7.92. The number of aryl methyl sites for hydroxylation is 2. The van der Waals surface area contributed by atoms with E-state index in [9.17, 15) is 4.79 Å². The Morgan fingerprint density at radius 2 is 2.32 bits per heavy atom. The van der Waals surface area contributed by atoms with Gasteiger partial charge in [0.05, 0.1) is 12.2 Å². The van der Waals surface area contributed by atoms with E-state index in [1.807, 2.05) is 42.5 Å². The van der Waals surface area contributed by atoms with Crippen molar-refractivity contribution in [2.24, 2.45) is 7.05 Å². The van der Waals surface area contributed by atoms with E-state index >= 15 is 0 Å². The first kappa shape index (κ1) is 14.8. The van der Waals surface area contributed by atoms with Gasteiger partial charge < -0.3 is 4.90 Å². The third kappa shape index (κ3) is 3.35. The van der Waals surface area contributed by atoms with Crippen molar-refractivity contribution in [3.05, 3.63) is 48.0 Å². The monoisotopic (exact) mass is 298 g/mol. The van der Waals surface area contributed by atoms with E-state index in [2.05, 4.69) is 10.1 Å². The third-order valence-electron chi connectivity index (χ3n) is 4.23. The summed E-state index contributed by atoms with van der Waals surface area (Å²) in [7, 11) is 1.91. The Hall–Kier alpha value is -2.17. The minimum atomic E-state index is 0.205. The van der Waals surface area contributed by atoms with Gasteiger partial charge in [-0.2, -0.15) is 5.10 Å². The molecular weight excluding hydrogens is 276 g/mol. The Morgan fingerprint density at radius 1 is 1.41 bits per heavy atom. The first-order valence-corrected chi connectivity index (χ1v) is 7.92. The van der Waals surface area contributed by atoms with Crippen molar-refractivity contribution in [3.8, 4) is 0 Å². The summed E-state index contributed by atoms with van der Waals surface area (Å²) >= 11 is 0. The molecule has 0 radical (unpaired) electrons. The molecule has 1 saturated heterocycles. The van der Waals surface area contributed by atoms with E-state index < -0.39 is 0 Å². The number of likely N-dealkylation sites (tertiary alicyclic amines) is 1. The van der Waals surface area contributed by atoms with E-state index in [1.54, 1.807) is 10.9 Å². The molecule has 0 unspecified atom stereocenters. The highest BCUT2D eigenvalue weighted by atomic mass is 16.2. The van der Waals surface area contributed by atoms with Crippen LogP contribution in [0.15, 0.2) is 36.8 Å². The molecule has 0 bridgehead atoms. The van der Waals surface area contributed by atoms with Crippen LogP contribution in [-0.2, 0) is 18.3 Å². The molecule has 1 atom stereocenters. The van der Waals surface area contributed by atoms with E-state index in [-0.39, 0.29) is 11.9 Å². The first-order chi connectivity index (χ1) is 10.7. The van der Waals surface area contributed by atoms with Crippen LogP contribution < -0.4 is 0 Å². The summed E-state index contributed by atoms with van der Waals surface area (Å²) in [6.45, 7) is 0.863. The minimum Gasteiger partial charge on any atom is -0.336 e. The molecule has 5 nitrogen and oxygen atoms in total. The van der Waals surface area contributed by atoms with Crippen LogP contribution in [0.3, 0.4) is 0 Å². The molecule has 1 aliphatic rings. The molecule has 3 heterocycles. The molecule has 116 valence electrons. The summed E-state index contributed by atoms with van der Waals surface area (Å²) in [5.74, 6) is 0.252. The zero-order chi connectivity index (χ0) is 15.4. The Bertz CT molecular complexity index is 623. The quantitative estimate of drug-likeness (QED) is 0.852. The molecule has 1 aliphatic heterocycles. The van der Waals surface area contributed by atoms with Crippen molar-refractivity contribution in [1.82, 2.24) is 19.7 Å². The van der Waals surface area contributed by atoms with Crippen molar-refractivity contribution in [2.45, 2.75) is 38.1 Å². The molecule has 0 aromatic carbocycles. The topological polar surface area (TPSA) is 51.0 Å². The molecule has 1 fully saturated rings. The predicted octanol–water partition coefficient (Wildman–Crippen LogP) is 2.50. The molecule has 0 N–H and O–H groups in total. The second-order valence-corrected chi connectivity index (χ2v) is 5.87. The van der Waals surface area contributed by atoms with E-state index in [4.69, 9.17) is 0 Å². The van der Waals surface area contributed by atoms with Crippen LogP contribution in [-0.4, -0.2) is 32.1 Å². The molecule has 22 heavy (non-hydrogen) atoms. The van der Waals surface area contributed by atoms with Crippen LogP contribution in [0.4, 0.5) is 0 Å². The van der Waals surface area contributed by atoms with Crippen LogP contribution in [0, 0.1) is 0 Å². The van der Waals surface area contributed by atoms with Crippen molar-refractivity contribution < 1.29 is 4.79 Å². The highest BCUT2D eigenvalue weighted by molar-refractivity contribution is 5.77. The largest absolute Gasteiger partial charge is 0.336 e. The Morgan fingerprint density at radius 3 is 3.05 bits per heavy atom. The van der Waals surface area contributed by atoms with E-state index in [0.717, 1.165) is 43.5 Å². The summed E-state index contributed by atoms with van der Waals surface area (Å²) < 4.78 is 1.80. The predicted molar refractivity (Wildman–Crippen MR) is 84.1 cm³/mol. The standard InChI is InChI=1S/C17H22N4O/c1-20-13-14(12-19-20)16-8-5-11-21(16)17(22)9-4-7-15-6-2-3-10-18-15/h2-3,6,10,12-13,16H,4-5,7-9,11H2,1H3/t16-/m0/s1. The summed E-state index contributed by atoms with van der Waals surface area (Å²) in [5, 5.41) is 4.23. The molecule has 2 aromatic rings. The lowest BCUT2D eigenvalue weighted by atomic mass is 10.1. The van der Waals surface area contributed by atoms with Crippen LogP contribution >= 0.6 is 0 Å². The Labute approximate surface area is 131 Å². The number of pyridine rings is 1. The number of hydrogen-bond acceptors (Lipinski definition) is 3. The SMILES string of the molecule is Cn1cc([C@@H]2CCCN2C(=O)CCCc2ccccn2)cn1. The number of rotatable bonds is 5. The zero-order valence-electron chi connectivity index (χ0n) is 13.0. The van der Waals surface area contributed by atoms with Gasteiger partial charge in [-0.25, -0.2) is 0 Å². The second kappa shape index (κ2) is 6.73. The number of amides is 1. The van der Waals surface area contributed by atoms with Gasteiger partial charge in [-0.3, -0.25) is 14.5 Å². The number of carbonyl (C=O) groups is 1. The van der Waals surface area contributed by atoms with Gasteiger partial charge in [0.15, 0.2) is 0 Å². The molecule has 1 amide bonds. The maximum atomic E-state index is 12.5.